The number of anilines is 1. The number of hydrogen-bond acceptors (Lipinski definition) is 7. The number of rotatable bonds is 9. The molecule has 0 saturated carbocycles. The third-order valence-corrected chi connectivity index (χ3v) is 5.67. The number of nitrogens with two attached hydrogens (primary N) is 1. The zero-order valence-electron chi connectivity index (χ0n) is 19.9. The van der Waals surface area contributed by atoms with Crippen molar-refractivity contribution in [3.63, 3.8) is 0 Å². The summed E-state index contributed by atoms with van der Waals surface area (Å²) in [6, 6.07) is 17.1. The van der Waals surface area contributed by atoms with Gasteiger partial charge in [0, 0.05) is 53.3 Å². The van der Waals surface area contributed by atoms with Crippen molar-refractivity contribution in [3.8, 4) is 0 Å². The fraction of sp³-hybridized carbons (Fsp3) is 0.333. The van der Waals surface area contributed by atoms with E-state index in [0.717, 1.165) is 37.3 Å². The molecule has 0 fully saturated rings. The first-order valence-electron chi connectivity index (χ1n) is 11.0. The Morgan fingerprint density at radius 2 is 1.03 bits per heavy atom. The zero-order valence-corrected chi connectivity index (χ0v) is 22.5. The second-order valence-electron chi connectivity index (χ2n) is 6.99. The van der Waals surface area contributed by atoms with Gasteiger partial charge in [0.15, 0.2) is 0 Å². The van der Waals surface area contributed by atoms with E-state index in [1.807, 2.05) is 92.1 Å². The summed E-state index contributed by atoms with van der Waals surface area (Å²) in [5.41, 5.74) is 9.27. The quantitative estimate of drug-likeness (QED) is 0.129. The third kappa shape index (κ3) is 8.36. The standard InChI is InChI=1S/C24H33N7S2.Cu/c1-5-30(6-2)23(32)28-26-21(18-12-10-9-11-13-18)22(19-14-16-20(25)17-15-19)27-29-24(33)31(7-3)8-4;/h9-17H,5-8,25H2,1-4H3,(H,28,32)(H,29,33);/q;+2/p-2. The first-order valence-corrected chi connectivity index (χ1v) is 11.8. The van der Waals surface area contributed by atoms with Gasteiger partial charge in [0.05, 0.1) is 0 Å². The van der Waals surface area contributed by atoms with E-state index in [0.29, 0.717) is 27.4 Å². The molecular weight excluding hydrogens is 514 g/mol. The maximum absolute atomic E-state index is 5.91. The summed E-state index contributed by atoms with van der Waals surface area (Å²) in [5.74, 6) is 0. The van der Waals surface area contributed by atoms with E-state index in [1.165, 1.54) is 0 Å². The molecular formula is C24H31CuN7S2. The molecule has 0 atom stereocenters. The molecule has 34 heavy (non-hydrogen) atoms. The van der Waals surface area contributed by atoms with Crippen LogP contribution in [-0.2, 0) is 42.3 Å². The van der Waals surface area contributed by atoms with Crippen molar-refractivity contribution in [1.29, 1.82) is 0 Å². The minimum atomic E-state index is 0. The van der Waals surface area contributed by atoms with E-state index in [-0.39, 0.29) is 17.1 Å². The molecule has 2 aromatic carbocycles. The first kappa shape index (κ1) is 29.5. The largest absolute Gasteiger partial charge is 2.00 e. The van der Waals surface area contributed by atoms with E-state index < -0.39 is 0 Å². The van der Waals surface area contributed by atoms with Crippen LogP contribution in [0, 0.1) is 0 Å². The Kier molecular flexibility index (Phi) is 13.4. The van der Waals surface area contributed by atoms with Gasteiger partial charge in [0.25, 0.3) is 0 Å². The van der Waals surface area contributed by atoms with Crippen molar-refractivity contribution in [1.82, 2.24) is 9.80 Å². The summed E-state index contributed by atoms with van der Waals surface area (Å²) in [5, 5.41) is 18.6. The number of amidine groups is 2. The summed E-state index contributed by atoms with van der Waals surface area (Å²) < 4.78 is 0. The van der Waals surface area contributed by atoms with Crippen LogP contribution in [0.4, 0.5) is 5.69 Å². The first-order chi connectivity index (χ1) is 15.9. The van der Waals surface area contributed by atoms with Crippen LogP contribution in [0.2, 0.25) is 0 Å². The van der Waals surface area contributed by atoms with Gasteiger partial charge in [-0.05, 0) is 39.8 Å². The summed E-state index contributed by atoms with van der Waals surface area (Å²) in [4.78, 5) is 3.92. The van der Waals surface area contributed by atoms with Gasteiger partial charge in [0.1, 0.15) is 11.4 Å². The van der Waals surface area contributed by atoms with Crippen LogP contribution in [0.1, 0.15) is 38.8 Å². The van der Waals surface area contributed by atoms with Gasteiger partial charge >= 0.3 is 17.1 Å². The van der Waals surface area contributed by atoms with Gasteiger partial charge in [-0.1, -0.05) is 42.5 Å². The summed E-state index contributed by atoms with van der Waals surface area (Å²) in [6.07, 6.45) is 0. The summed E-state index contributed by atoms with van der Waals surface area (Å²) >= 11 is 11.0. The number of hydrogen-bond donors (Lipinski definition) is 1. The Morgan fingerprint density at radius 1 is 0.647 bits per heavy atom. The smallest absolute Gasteiger partial charge is 0.741 e. The Balaban J connectivity index is 0.00000578. The van der Waals surface area contributed by atoms with Crippen molar-refractivity contribution in [2.45, 2.75) is 27.7 Å². The van der Waals surface area contributed by atoms with Crippen molar-refractivity contribution < 1.29 is 17.1 Å². The van der Waals surface area contributed by atoms with Crippen LogP contribution in [0.15, 0.2) is 75.0 Å². The predicted molar refractivity (Wildman–Crippen MR) is 146 cm³/mol. The maximum atomic E-state index is 5.91. The summed E-state index contributed by atoms with van der Waals surface area (Å²) in [7, 11) is 0. The molecule has 0 aromatic heterocycles. The Labute approximate surface area is 224 Å². The Hall–Kier alpha value is -2.52. The molecule has 10 heteroatoms. The molecule has 0 heterocycles. The molecule has 0 aliphatic carbocycles. The number of nitrogens with zero attached hydrogens (tertiary/aromatic N) is 6. The molecule has 0 spiro atoms. The van der Waals surface area contributed by atoms with Crippen molar-refractivity contribution in [3.05, 3.63) is 65.7 Å². The molecule has 2 aromatic rings. The van der Waals surface area contributed by atoms with Crippen molar-refractivity contribution in [2.24, 2.45) is 20.4 Å². The van der Waals surface area contributed by atoms with Crippen LogP contribution in [0.5, 0.6) is 0 Å². The van der Waals surface area contributed by atoms with Crippen LogP contribution in [-0.4, -0.2) is 57.7 Å². The Morgan fingerprint density at radius 3 is 1.41 bits per heavy atom. The van der Waals surface area contributed by atoms with Crippen molar-refractivity contribution >= 4 is 52.7 Å². The predicted octanol–water partition coefficient (Wildman–Crippen LogP) is 3.86. The van der Waals surface area contributed by atoms with Crippen LogP contribution >= 0.6 is 0 Å². The molecule has 1 radical (unpaired) electrons. The second kappa shape index (κ2) is 15.4. The van der Waals surface area contributed by atoms with E-state index in [2.05, 4.69) is 20.4 Å². The normalized spacial score (nSPS) is 12.8. The summed E-state index contributed by atoms with van der Waals surface area (Å²) in [6.45, 7) is 11.1. The molecule has 0 saturated heterocycles. The van der Waals surface area contributed by atoms with Gasteiger partial charge in [-0.3, -0.25) is 0 Å². The van der Waals surface area contributed by atoms with E-state index in [9.17, 15) is 0 Å². The number of benzene rings is 2. The third-order valence-electron chi connectivity index (χ3n) is 4.99. The molecule has 0 aliphatic heterocycles. The van der Waals surface area contributed by atoms with Gasteiger partial charge < -0.3 is 40.8 Å². The zero-order chi connectivity index (χ0) is 24.2. The molecule has 185 valence electrons. The minimum absolute atomic E-state index is 0. The molecule has 2 N–H and O–H groups in total. The monoisotopic (exact) mass is 544 g/mol. The second-order valence-corrected chi connectivity index (χ2v) is 7.73. The van der Waals surface area contributed by atoms with Gasteiger partial charge in [0.2, 0.25) is 0 Å². The molecule has 7 nitrogen and oxygen atoms in total. The van der Waals surface area contributed by atoms with Crippen LogP contribution in [0.25, 0.3) is 0 Å². The maximum Gasteiger partial charge on any atom is 2.00 e. The molecule has 0 bridgehead atoms. The minimum Gasteiger partial charge on any atom is -0.741 e. The average Bonchev–Trinajstić information content (AvgIpc) is 2.84. The SMILES string of the molecule is CCN(CC)C([S-])=NN=C(C(=NN=C([S-])N(CC)CC)c1ccc(N)cc1)c1ccccc1.[Cu+2]. The average molecular weight is 545 g/mol. The molecule has 0 amide bonds. The number of nitrogen functional groups attached to an aromatic ring is 1. The molecule has 0 unspecified atom stereocenters. The van der Waals surface area contributed by atoms with Crippen molar-refractivity contribution in [2.75, 3.05) is 31.9 Å². The van der Waals surface area contributed by atoms with Gasteiger partial charge in [-0.15, -0.1) is 10.2 Å². The van der Waals surface area contributed by atoms with Gasteiger partial charge in [-0.2, -0.15) is 10.2 Å². The topological polar surface area (TPSA) is 81.9 Å². The molecule has 0 aliphatic rings. The van der Waals surface area contributed by atoms with Crippen LogP contribution < -0.4 is 5.73 Å². The molecule has 2 rings (SSSR count). The van der Waals surface area contributed by atoms with Gasteiger partial charge in [-0.25, -0.2) is 0 Å². The van der Waals surface area contributed by atoms with E-state index in [1.54, 1.807) is 0 Å². The van der Waals surface area contributed by atoms with E-state index >= 15 is 0 Å². The van der Waals surface area contributed by atoms with Crippen LogP contribution in [0.3, 0.4) is 0 Å². The fourth-order valence-electron chi connectivity index (χ4n) is 3.02. The van der Waals surface area contributed by atoms with E-state index in [4.69, 9.17) is 31.0 Å². The Bertz CT molecular complexity index is 998. The fourth-order valence-corrected chi connectivity index (χ4v) is 3.62.